The Hall–Kier alpha value is -0.810. The van der Waals surface area contributed by atoms with Crippen LogP contribution in [0.4, 0.5) is 0 Å². The quantitative estimate of drug-likeness (QED) is 0.777. The van der Waals surface area contributed by atoms with E-state index in [0.29, 0.717) is 0 Å². The molecular formula is C12H16O3S2. The third-order valence-electron chi connectivity index (χ3n) is 2.20. The van der Waals surface area contributed by atoms with E-state index in [1.54, 1.807) is 45.0 Å². The van der Waals surface area contributed by atoms with Gasteiger partial charge in [-0.3, -0.25) is 4.79 Å². The molecule has 0 saturated carbocycles. The van der Waals surface area contributed by atoms with Crippen LogP contribution >= 0.6 is 11.8 Å². The maximum absolute atomic E-state index is 12.1. The first-order valence-corrected chi connectivity index (χ1v) is 7.47. The van der Waals surface area contributed by atoms with Crippen molar-refractivity contribution in [3.63, 3.8) is 0 Å². The third-order valence-corrected chi connectivity index (χ3v) is 5.50. The van der Waals surface area contributed by atoms with Gasteiger partial charge in [-0.15, -0.1) is 0 Å². The molecule has 0 heterocycles. The molecule has 1 aromatic carbocycles. The highest BCUT2D eigenvalue weighted by molar-refractivity contribution is 8.13. The van der Waals surface area contributed by atoms with Crippen molar-refractivity contribution in [3.8, 4) is 0 Å². The number of sulfone groups is 1. The lowest BCUT2D eigenvalue weighted by atomic mass is 10.3. The van der Waals surface area contributed by atoms with Crippen LogP contribution in [0.15, 0.2) is 34.1 Å². The number of benzene rings is 1. The second-order valence-electron chi connectivity index (χ2n) is 4.68. The summed E-state index contributed by atoms with van der Waals surface area (Å²) < 4.78 is 23.4. The van der Waals surface area contributed by atoms with Crippen LogP contribution in [0, 0.1) is 0 Å². The number of carbonyl (C=O) groups excluding carboxylic acids is 1. The summed E-state index contributed by atoms with van der Waals surface area (Å²) in [4.78, 5) is 11.9. The van der Waals surface area contributed by atoms with Crippen LogP contribution in [0.5, 0.6) is 0 Å². The van der Waals surface area contributed by atoms with Crippen molar-refractivity contribution < 1.29 is 13.2 Å². The van der Waals surface area contributed by atoms with Crippen LogP contribution in [0.1, 0.15) is 27.7 Å². The predicted molar refractivity (Wildman–Crippen MR) is 69.9 cm³/mol. The van der Waals surface area contributed by atoms with Gasteiger partial charge in [-0.2, -0.15) is 0 Å². The lowest BCUT2D eigenvalue weighted by Crippen LogP contribution is -2.27. The number of thioether (sulfide) groups is 1. The molecule has 0 amide bonds. The topological polar surface area (TPSA) is 51.2 Å². The summed E-state index contributed by atoms with van der Waals surface area (Å²) in [6.45, 7) is 6.48. The second kappa shape index (κ2) is 4.82. The summed E-state index contributed by atoms with van der Waals surface area (Å²) in [6, 6.07) is 6.41. The Bertz CT molecular complexity index is 508. The molecule has 0 saturated heterocycles. The molecule has 0 radical (unpaired) electrons. The van der Waals surface area contributed by atoms with E-state index in [-0.39, 0.29) is 10.0 Å². The van der Waals surface area contributed by atoms with E-state index in [4.69, 9.17) is 0 Å². The first kappa shape index (κ1) is 14.3. The zero-order valence-electron chi connectivity index (χ0n) is 10.4. The Morgan fingerprint density at radius 2 is 1.59 bits per heavy atom. The Labute approximate surface area is 107 Å². The lowest BCUT2D eigenvalue weighted by molar-refractivity contribution is -0.109. The van der Waals surface area contributed by atoms with Crippen molar-refractivity contribution in [2.75, 3.05) is 0 Å². The molecule has 0 spiro atoms. The molecule has 17 heavy (non-hydrogen) atoms. The molecule has 0 N–H and O–H groups in total. The molecule has 3 nitrogen and oxygen atoms in total. The molecule has 0 aliphatic carbocycles. The van der Waals surface area contributed by atoms with E-state index in [1.807, 2.05) is 0 Å². The van der Waals surface area contributed by atoms with Gasteiger partial charge in [0.1, 0.15) is 0 Å². The van der Waals surface area contributed by atoms with Crippen molar-refractivity contribution in [2.45, 2.75) is 42.2 Å². The van der Waals surface area contributed by atoms with Crippen LogP contribution < -0.4 is 0 Å². The van der Waals surface area contributed by atoms with Crippen molar-refractivity contribution in [1.29, 1.82) is 0 Å². The smallest absolute Gasteiger partial charge is 0.190 e. The summed E-state index contributed by atoms with van der Waals surface area (Å²) >= 11 is 1.09. The van der Waals surface area contributed by atoms with Crippen molar-refractivity contribution in [2.24, 2.45) is 0 Å². The normalized spacial score (nSPS) is 12.5. The minimum absolute atomic E-state index is 0.0172. The molecule has 0 aliphatic rings. The Balaban J connectivity index is 3.08. The molecule has 5 heteroatoms. The van der Waals surface area contributed by atoms with Crippen molar-refractivity contribution in [1.82, 2.24) is 0 Å². The summed E-state index contributed by atoms with van der Waals surface area (Å²) in [7, 11) is -3.32. The third kappa shape index (κ3) is 3.33. The number of carbonyl (C=O) groups is 1. The van der Waals surface area contributed by atoms with Crippen LogP contribution in [0.3, 0.4) is 0 Å². The zero-order valence-corrected chi connectivity index (χ0v) is 12.0. The van der Waals surface area contributed by atoms with Gasteiger partial charge >= 0.3 is 0 Å². The molecule has 94 valence electrons. The molecule has 0 fully saturated rings. The SMILES string of the molecule is CC(=O)Sc1ccc(S(=O)(=O)C(C)(C)C)cc1. The van der Waals surface area contributed by atoms with Crippen LogP contribution in [0.2, 0.25) is 0 Å². The lowest BCUT2D eigenvalue weighted by Gasteiger charge is -2.19. The minimum atomic E-state index is -3.32. The minimum Gasteiger partial charge on any atom is -0.287 e. The van der Waals surface area contributed by atoms with E-state index < -0.39 is 14.6 Å². The fourth-order valence-corrected chi connectivity index (χ4v) is 3.01. The molecule has 1 rings (SSSR count). The van der Waals surface area contributed by atoms with Gasteiger partial charge in [0.05, 0.1) is 9.64 Å². The highest BCUT2D eigenvalue weighted by atomic mass is 32.2. The summed E-state index contributed by atoms with van der Waals surface area (Å²) in [6.07, 6.45) is 0. The van der Waals surface area contributed by atoms with Crippen LogP contribution in [-0.4, -0.2) is 18.3 Å². The molecule has 0 bridgehead atoms. The molecule has 0 aliphatic heterocycles. The average Bonchev–Trinajstić information content (AvgIpc) is 2.15. The molecule has 0 aromatic heterocycles. The van der Waals surface area contributed by atoms with Crippen LogP contribution in [-0.2, 0) is 14.6 Å². The Kier molecular flexibility index (Phi) is 4.04. The molecular weight excluding hydrogens is 256 g/mol. The standard InChI is InChI=1S/C12H16O3S2/c1-9(13)16-10-5-7-11(8-6-10)17(14,15)12(2,3)4/h5-8H,1-4H3. The highest BCUT2D eigenvalue weighted by Crippen LogP contribution is 2.27. The fourth-order valence-electron chi connectivity index (χ4n) is 1.21. The van der Waals surface area contributed by atoms with Crippen molar-refractivity contribution >= 4 is 26.7 Å². The van der Waals surface area contributed by atoms with Crippen LogP contribution in [0.25, 0.3) is 0 Å². The fraction of sp³-hybridized carbons (Fsp3) is 0.417. The van der Waals surface area contributed by atoms with E-state index in [0.717, 1.165) is 16.7 Å². The van der Waals surface area contributed by atoms with Gasteiger partial charge in [-0.25, -0.2) is 8.42 Å². The molecule has 0 unspecified atom stereocenters. The van der Waals surface area contributed by atoms with E-state index in [9.17, 15) is 13.2 Å². The number of hydrogen-bond acceptors (Lipinski definition) is 4. The Morgan fingerprint density at radius 3 is 1.94 bits per heavy atom. The number of rotatable bonds is 2. The van der Waals surface area contributed by atoms with Gasteiger partial charge in [-0.05, 0) is 45.0 Å². The molecule has 0 atom stereocenters. The first-order chi connectivity index (χ1) is 7.64. The van der Waals surface area contributed by atoms with E-state index >= 15 is 0 Å². The van der Waals surface area contributed by atoms with E-state index in [1.165, 1.54) is 6.92 Å². The zero-order chi connectivity index (χ0) is 13.3. The van der Waals surface area contributed by atoms with Gasteiger partial charge in [0.2, 0.25) is 0 Å². The summed E-state index contributed by atoms with van der Waals surface area (Å²) in [5, 5.41) is -0.0172. The van der Waals surface area contributed by atoms with Crippen molar-refractivity contribution in [3.05, 3.63) is 24.3 Å². The second-order valence-corrected chi connectivity index (χ2v) is 8.63. The Morgan fingerprint density at radius 1 is 1.12 bits per heavy atom. The predicted octanol–water partition coefficient (Wildman–Crippen LogP) is 2.90. The first-order valence-electron chi connectivity index (χ1n) is 5.18. The van der Waals surface area contributed by atoms with Gasteiger partial charge in [0.15, 0.2) is 15.0 Å². The summed E-state index contributed by atoms with van der Waals surface area (Å²) in [5.74, 6) is 0. The number of hydrogen-bond donors (Lipinski definition) is 0. The monoisotopic (exact) mass is 272 g/mol. The maximum atomic E-state index is 12.1. The van der Waals surface area contributed by atoms with Gasteiger partial charge < -0.3 is 0 Å². The maximum Gasteiger partial charge on any atom is 0.190 e. The largest absolute Gasteiger partial charge is 0.287 e. The van der Waals surface area contributed by atoms with Gasteiger partial charge in [-0.1, -0.05) is 11.8 Å². The molecule has 1 aromatic rings. The van der Waals surface area contributed by atoms with Gasteiger partial charge in [0.25, 0.3) is 0 Å². The summed E-state index contributed by atoms with van der Waals surface area (Å²) in [5.41, 5.74) is 0. The highest BCUT2D eigenvalue weighted by Gasteiger charge is 2.30. The van der Waals surface area contributed by atoms with Gasteiger partial charge in [0, 0.05) is 11.8 Å². The average molecular weight is 272 g/mol. The van der Waals surface area contributed by atoms with E-state index in [2.05, 4.69) is 0 Å².